The first-order chi connectivity index (χ1) is 12.2. The molecule has 0 fully saturated rings. The molecule has 0 aliphatic carbocycles. The van der Waals surface area contributed by atoms with E-state index in [0.29, 0.717) is 23.6 Å². The van der Waals surface area contributed by atoms with Gasteiger partial charge in [0.1, 0.15) is 12.2 Å². The maximum absolute atomic E-state index is 6.07. The SMILES string of the molecule is Cc1nc2ccc(N)c(N)c2nc1-c1cnn(COCC[Si](C)(C)C)c1. The largest absolute Gasteiger partial charge is 0.397 e. The summed E-state index contributed by atoms with van der Waals surface area (Å²) >= 11 is 0. The van der Waals surface area contributed by atoms with E-state index in [1.165, 1.54) is 0 Å². The molecule has 7 nitrogen and oxygen atoms in total. The second kappa shape index (κ2) is 7.04. The van der Waals surface area contributed by atoms with Gasteiger partial charge in [-0.3, -0.25) is 0 Å². The van der Waals surface area contributed by atoms with E-state index in [2.05, 4.69) is 29.7 Å². The number of benzene rings is 1. The van der Waals surface area contributed by atoms with Crippen LogP contribution in [0, 0.1) is 6.92 Å². The zero-order valence-corrected chi connectivity index (χ0v) is 16.8. The van der Waals surface area contributed by atoms with Crippen LogP contribution in [-0.2, 0) is 11.5 Å². The van der Waals surface area contributed by atoms with Crippen molar-refractivity contribution in [3.8, 4) is 11.3 Å². The number of anilines is 2. The van der Waals surface area contributed by atoms with Crippen molar-refractivity contribution in [1.82, 2.24) is 19.7 Å². The Labute approximate surface area is 154 Å². The van der Waals surface area contributed by atoms with E-state index in [1.807, 2.05) is 19.2 Å². The fourth-order valence-corrected chi connectivity index (χ4v) is 3.37. The number of hydrogen-bond donors (Lipinski definition) is 2. The second-order valence-electron chi connectivity index (χ2n) is 7.71. The molecule has 0 unspecified atom stereocenters. The lowest BCUT2D eigenvalue weighted by molar-refractivity contribution is 0.0786. The minimum atomic E-state index is -1.08. The summed E-state index contributed by atoms with van der Waals surface area (Å²) in [6, 6.07) is 4.72. The van der Waals surface area contributed by atoms with Crippen molar-refractivity contribution in [2.75, 3.05) is 18.1 Å². The molecule has 3 aromatic rings. The molecule has 0 aliphatic heterocycles. The maximum atomic E-state index is 6.07. The van der Waals surface area contributed by atoms with Crippen LogP contribution in [0.2, 0.25) is 25.7 Å². The molecule has 0 saturated carbocycles. The van der Waals surface area contributed by atoms with Crippen LogP contribution in [0.5, 0.6) is 0 Å². The lowest BCUT2D eigenvalue weighted by Crippen LogP contribution is -2.22. The number of nitrogens with zero attached hydrogens (tertiary/aromatic N) is 4. The Bertz CT molecular complexity index is 931. The number of aryl methyl sites for hydroxylation is 1. The Morgan fingerprint density at radius 1 is 1.15 bits per heavy atom. The summed E-state index contributed by atoms with van der Waals surface area (Å²) < 4.78 is 7.51. The summed E-state index contributed by atoms with van der Waals surface area (Å²) in [6.07, 6.45) is 3.69. The van der Waals surface area contributed by atoms with Gasteiger partial charge in [0.2, 0.25) is 0 Å². The monoisotopic (exact) mass is 370 g/mol. The summed E-state index contributed by atoms with van der Waals surface area (Å²) in [5, 5.41) is 4.37. The van der Waals surface area contributed by atoms with Crippen LogP contribution in [0.3, 0.4) is 0 Å². The van der Waals surface area contributed by atoms with Crippen LogP contribution in [0.4, 0.5) is 11.4 Å². The lowest BCUT2D eigenvalue weighted by Gasteiger charge is -2.15. The van der Waals surface area contributed by atoms with E-state index in [0.717, 1.165) is 35.1 Å². The third kappa shape index (κ3) is 4.02. The highest BCUT2D eigenvalue weighted by Gasteiger charge is 2.14. The molecule has 4 N–H and O–H groups in total. The molecule has 3 rings (SSSR count). The Morgan fingerprint density at radius 2 is 1.92 bits per heavy atom. The van der Waals surface area contributed by atoms with E-state index in [-0.39, 0.29) is 0 Å². The van der Waals surface area contributed by atoms with Gasteiger partial charge in [-0.2, -0.15) is 5.10 Å². The number of nitrogens with two attached hydrogens (primary N) is 2. The summed E-state index contributed by atoms with van der Waals surface area (Å²) in [6.45, 7) is 10.1. The first-order valence-corrected chi connectivity index (χ1v) is 12.4. The van der Waals surface area contributed by atoms with Gasteiger partial charge < -0.3 is 16.2 Å². The van der Waals surface area contributed by atoms with Gasteiger partial charge in [-0.05, 0) is 25.1 Å². The van der Waals surface area contributed by atoms with Gasteiger partial charge in [-0.25, -0.2) is 14.6 Å². The van der Waals surface area contributed by atoms with Gasteiger partial charge in [0.15, 0.2) is 0 Å². The van der Waals surface area contributed by atoms with E-state index in [1.54, 1.807) is 16.9 Å². The zero-order chi connectivity index (χ0) is 18.9. The summed E-state index contributed by atoms with van der Waals surface area (Å²) in [4.78, 5) is 9.30. The molecule has 1 aromatic carbocycles. The van der Waals surface area contributed by atoms with Crippen LogP contribution in [0.15, 0.2) is 24.5 Å². The summed E-state index contributed by atoms with van der Waals surface area (Å²) in [7, 11) is -1.08. The van der Waals surface area contributed by atoms with E-state index < -0.39 is 8.07 Å². The van der Waals surface area contributed by atoms with Crippen molar-refractivity contribution in [3.63, 3.8) is 0 Å². The first-order valence-electron chi connectivity index (χ1n) is 8.67. The van der Waals surface area contributed by atoms with Crippen LogP contribution < -0.4 is 11.5 Å². The molecular formula is C18H26N6OSi. The smallest absolute Gasteiger partial charge is 0.139 e. The number of nitrogen functional groups attached to an aromatic ring is 2. The molecule has 8 heteroatoms. The van der Waals surface area contributed by atoms with Gasteiger partial charge in [-0.15, -0.1) is 0 Å². The Morgan fingerprint density at radius 3 is 2.65 bits per heavy atom. The number of hydrogen-bond acceptors (Lipinski definition) is 6. The molecule has 0 spiro atoms. The Balaban J connectivity index is 1.80. The Hall–Kier alpha value is -2.45. The standard InChI is InChI=1S/C18H26N6OSi/c1-12-17(23-18-15(22-12)6-5-14(19)16(18)20)13-9-21-24(10-13)11-25-7-8-26(2,3)4/h5-6,9-10H,7-8,11,19-20H2,1-4H3. The molecule has 26 heavy (non-hydrogen) atoms. The van der Waals surface area contributed by atoms with Crippen LogP contribution in [-0.4, -0.2) is 34.4 Å². The third-order valence-corrected chi connectivity index (χ3v) is 5.91. The third-order valence-electron chi connectivity index (χ3n) is 4.21. The minimum Gasteiger partial charge on any atom is -0.397 e. The van der Waals surface area contributed by atoms with Gasteiger partial charge in [0.25, 0.3) is 0 Å². The quantitative estimate of drug-likeness (QED) is 0.392. The number of aromatic nitrogens is 4. The van der Waals surface area contributed by atoms with E-state index in [4.69, 9.17) is 21.2 Å². The molecule has 0 atom stereocenters. The number of ether oxygens (including phenoxy) is 1. The van der Waals surface area contributed by atoms with Gasteiger partial charge in [-0.1, -0.05) is 19.6 Å². The van der Waals surface area contributed by atoms with E-state index >= 15 is 0 Å². The Kier molecular flexibility index (Phi) is 4.97. The van der Waals surface area contributed by atoms with Crippen LogP contribution in [0.25, 0.3) is 22.3 Å². The van der Waals surface area contributed by atoms with Crippen LogP contribution in [0.1, 0.15) is 5.69 Å². The molecule has 0 saturated heterocycles. The predicted octanol–water partition coefficient (Wildman–Crippen LogP) is 3.28. The lowest BCUT2D eigenvalue weighted by atomic mass is 10.1. The highest BCUT2D eigenvalue weighted by Crippen LogP contribution is 2.28. The first kappa shape index (κ1) is 18.3. The van der Waals surface area contributed by atoms with Crippen molar-refractivity contribution in [1.29, 1.82) is 0 Å². The molecule has 0 bridgehead atoms. The zero-order valence-electron chi connectivity index (χ0n) is 15.8. The van der Waals surface area contributed by atoms with Crippen molar-refractivity contribution < 1.29 is 4.74 Å². The molecular weight excluding hydrogens is 344 g/mol. The topological polar surface area (TPSA) is 105 Å². The predicted molar refractivity (Wildman–Crippen MR) is 108 cm³/mol. The normalized spacial score (nSPS) is 12.0. The van der Waals surface area contributed by atoms with Crippen LogP contribution >= 0.6 is 0 Å². The van der Waals surface area contributed by atoms with Gasteiger partial charge in [0, 0.05) is 26.4 Å². The molecule has 0 amide bonds. The summed E-state index contributed by atoms with van der Waals surface area (Å²) in [5.41, 5.74) is 16.7. The molecule has 0 radical (unpaired) electrons. The average molecular weight is 371 g/mol. The minimum absolute atomic E-state index is 0.430. The van der Waals surface area contributed by atoms with Crippen molar-refractivity contribution in [2.24, 2.45) is 0 Å². The fourth-order valence-electron chi connectivity index (χ4n) is 2.61. The molecule has 2 heterocycles. The van der Waals surface area contributed by atoms with Crippen molar-refractivity contribution >= 4 is 30.5 Å². The molecule has 0 aliphatic rings. The highest BCUT2D eigenvalue weighted by atomic mass is 28.3. The molecule has 2 aromatic heterocycles. The van der Waals surface area contributed by atoms with Crippen molar-refractivity contribution in [2.45, 2.75) is 39.3 Å². The second-order valence-corrected chi connectivity index (χ2v) is 13.3. The highest BCUT2D eigenvalue weighted by molar-refractivity contribution is 6.76. The maximum Gasteiger partial charge on any atom is 0.139 e. The average Bonchev–Trinajstić information content (AvgIpc) is 3.03. The number of fused-ring (bicyclic) bond motifs is 1. The van der Waals surface area contributed by atoms with E-state index in [9.17, 15) is 0 Å². The summed E-state index contributed by atoms with van der Waals surface area (Å²) in [5.74, 6) is 0. The molecule has 138 valence electrons. The van der Waals surface area contributed by atoms with Crippen molar-refractivity contribution in [3.05, 3.63) is 30.2 Å². The van der Waals surface area contributed by atoms with Gasteiger partial charge in [0.05, 0.1) is 34.5 Å². The fraction of sp³-hybridized carbons (Fsp3) is 0.389. The van der Waals surface area contributed by atoms with Gasteiger partial charge >= 0.3 is 0 Å². The number of rotatable bonds is 6.